The number of aliphatic imine (C=N–C) groups is 2. The highest BCUT2D eigenvalue weighted by molar-refractivity contribution is 7.87. The van der Waals surface area contributed by atoms with Crippen molar-refractivity contribution in [2.24, 2.45) is 14.3 Å². The van der Waals surface area contributed by atoms with Gasteiger partial charge in [0.25, 0.3) is 0 Å². The molecule has 0 bridgehead atoms. The number of halogens is 1. The second-order valence-corrected chi connectivity index (χ2v) is 11.0. The average Bonchev–Trinajstić information content (AvgIpc) is 2.85. The lowest BCUT2D eigenvalue weighted by Gasteiger charge is -2.25. The summed E-state index contributed by atoms with van der Waals surface area (Å²) >= 11 is 0. The van der Waals surface area contributed by atoms with Crippen molar-refractivity contribution >= 4 is 40.3 Å². The summed E-state index contributed by atoms with van der Waals surface area (Å²) in [5, 5.41) is 3.39. The van der Waals surface area contributed by atoms with E-state index in [4.69, 9.17) is 9.10 Å². The normalized spacial score (nSPS) is 17.9. The van der Waals surface area contributed by atoms with E-state index in [1.54, 1.807) is 13.1 Å². The molecule has 1 heterocycles. The molecule has 0 spiro atoms. The van der Waals surface area contributed by atoms with Crippen LogP contribution in [0, 0.1) is 12.7 Å². The third-order valence-corrected chi connectivity index (χ3v) is 8.46. The summed E-state index contributed by atoms with van der Waals surface area (Å²) in [6.45, 7) is 5.85. The van der Waals surface area contributed by atoms with Crippen LogP contribution in [0.25, 0.3) is 0 Å². The summed E-state index contributed by atoms with van der Waals surface area (Å²) < 4.78 is 25.3. The van der Waals surface area contributed by atoms with Gasteiger partial charge in [0.15, 0.2) is 0 Å². The lowest BCUT2D eigenvalue weighted by atomic mass is 9.98. The zero-order valence-corrected chi connectivity index (χ0v) is 21.1. The maximum Gasteiger partial charge on any atom is 0.146 e. The Morgan fingerprint density at radius 1 is 1.06 bits per heavy atom. The molecule has 1 aliphatic heterocycles. The molecule has 1 saturated heterocycles. The Hall–Kier alpha value is -2.54. The molecule has 0 amide bonds. The van der Waals surface area contributed by atoms with Crippen molar-refractivity contribution in [3.63, 3.8) is 0 Å². The lowest BCUT2D eigenvalue weighted by Crippen LogP contribution is -2.21. The van der Waals surface area contributed by atoms with E-state index in [0.29, 0.717) is 17.3 Å². The van der Waals surface area contributed by atoms with Crippen LogP contribution in [0.1, 0.15) is 62.5 Å². The first-order valence-corrected chi connectivity index (χ1v) is 13.8. The standard InChI is InChI=1S/C27H35FN4OS/c1-19-16-21(32-34-14-8-5-9-15-34)18-24(29-2)26(19)27(30-3)31-23-13-12-20(28)17-25(23)33-22-10-6-4-7-11-22/h12-13,16-18,22H,2,4-11,14-15H2,1,3H3,(H,30,31). The Bertz CT molecular complexity index is 1080. The van der Waals surface area contributed by atoms with Gasteiger partial charge in [-0.15, -0.1) is 0 Å². The highest BCUT2D eigenvalue weighted by Gasteiger charge is 2.20. The number of nitrogens with zero attached hydrogens (tertiary/aromatic N) is 3. The molecule has 0 radical (unpaired) electrons. The van der Waals surface area contributed by atoms with Crippen LogP contribution >= 0.6 is 0 Å². The molecular formula is C27H35FN4OS. The van der Waals surface area contributed by atoms with E-state index in [9.17, 15) is 4.39 Å². The molecule has 4 rings (SSSR count). The monoisotopic (exact) mass is 482 g/mol. The predicted octanol–water partition coefficient (Wildman–Crippen LogP) is 7.28. The van der Waals surface area contributed by atoms with Gasteiger partial charge < -0.3 is 10.1 Å². The molecule has 1 aliphatic carbocycles. The number of hydrogen-bond donors (Lipinski definition) is 1. The Morgan fingerprint density at radius 2 is 1.79 bits per heavy atom. The number of nitrogens with one attached hydrogen (secondary N) is 1. The largest absolute Gasteiger partial charge is 0.488 e. The molecule has 5 nitrogen and oxygen atoms in total. The summed E-state index contributed by atoms with van der Waals surface area (Å²) in [6.07, 6.45) is 9.49. The molecule has 2 fully saturated rings. The van der Waals surface area contributed by atoms with Gasteiger partial charge in [-0.2, -0.15) is 0 Å². The van der Waals surface area contributed by atoms with Crippen LogP contribution in [0.2, 0.25) is 0 Å². The van der Waals surface area contributed by atoms with E-state index < -0.39 is 0 Å². The van der Waals surface area contributed by atoms with E-state index in [1.807, 2.05) is 13.0 Å². The Morgan fingerprint density at radius 3 is 2.50 bits per heavy atom. The third-order valence-electron chi connectivity index (χ3n) is 6.47. The number of ether oxygens (including phenoxy) is 1. The van der Waals surface area contributed by atoms with Crippen LogP contribution in [-0.4, -0.2) is 37.2 Å². The minimum atomic E-state index is -0.314. The third kappa shape index (κ3) is 6.12. The van der Waals surface area contributed by atoms with Crippen LogP contribution in [0.3, 0.4) is 0 Å². The highest BCUT2D eigenvalue weighted by atomic mass is 32.2. The summed E-state index contributed by atoms with van der Waals surface area (Å²) in [7, 11) is 1.83. The molecular weight excluding hydrogens is 447 g/mol. The predicted molar refractivity (Wildman–Crippen MR) is 143 cm³/mol. The molecule has 0 aromatic heterocycles. The molecule has 1 saturated carbocycles. The number of amidine groups is 1. The van der Waals surface area contributed by atoms with E-state index in [0.717, 1.165) is 48.2 Å². The van der Waals surface area contributed by atoms with Crippen LogP contribution in [0.15, 0.2) is 44.7 Å². The van der Waals surface area contributed by atoms with Crippen molar-refractivity contribution in [1.82, 2.24) is 0 Å². The van der Waals surface area contributed by atoms with E-state index in [-0.39, 0.29) is 22.6 Å². The summed E-state index contributed by atoms with van der Waals surface area (Å²) in [4.78, 5) is 8.83. The van der Waals surface area contributed by atoms with Crippen LogP contribution < -0.4 is 10.1 Å². The topological polar surface area (TPSA) is 58.3 Å². The second-order valence-electron chi connectivity index (χ2n) is 9.05. The van der Waals surface area contributed by atoms with Crippen molar-refractivity contribution in [3.8, 4) is 5.75 Å². The van der Waals surface area contributed by atoms with Crippen molar-refractivity contribution in [2.75, 3.05) is 23.9 Å². The van der Waals surface area contributed by atoms with Gasteiger partial charge in [-0.1, -0.05) is 23.5 Å². The molecule has 0 unspecified atom stereocenters. The maximum absolute atomic E-state index is 14.1. The summed E-state index contributed by atoms with van der Waals surface area (Å²) in [6, 6.07) is 8.70. The lowest BCUT2D eigenvalue weighted by molar-refractivity contribution is 0.155. The number of rotatable bonds is 6. The van der Waals surface area contributed by atoms with E-state index >= 15 is 0 Å². The molecule has 1 N–H and O–H groups in total. The number of benzene rings is 2. The Kier molecular flexibility index (Phi) is 8.48. The Balaban J connectivity index is 1.62. The number of hydrogen-bond acceptors (Lipinski definition) is 4. The first-order valence-electron chi connectivity index (χ1n) is 12.3. The minimum absolute atomic E-state index is 0.0909. The van der Waals surface area contributed by atoms with Gasteiger partial charge in [0.2, 0.25) is 0 Å². The van der Waals surface area contributed by atoms with Gasteiger partial charge in [0.1, 0.15) is 17.4 Å². The van der Waals surface area contributed by atoms with Crippen LogP contribution in [-0.2, 0) is 10.7 Å². The molecule has 34 heavy (non-hydrogen) atoms. The number of aryl methyl sites for hydroxylation is 1. The molecule has 2 aliphatic rings. The molecule has 0 atom stereocenters. The number of anilines is 1. The molecule has 2 aromatic rings. The van der Waals surface area contributed by atoms with E-state index in [1.165, 1.54) is 49.3 Å². The van der Waals surface area contributed by atoms with Gasteiger partial charge in [-0.3, -0.25) is 9.98 Å². The summed E-state index contributed by atoms with van der Waals surface area (Å²) in [5.74, 6) is 3.20. The fourth-order valence-corrected chi connectivity index (χ4v) is 6.57. The van der Waals surface area contributed by atoms with Gasteiger partial charge in [0, 0.05) is 30.2 Å². The molecule has 2 aromatic carbocycles. The zero-order valence-electron chi connectivity index (χ0n) is 20.3. The van der Waals surface area contributed by atoms with Crippen molar-refractivity contribution in [1.29, 1.82) is 0 Å². The van der Waals surface area contributed by atoms with Gasteiger partial charge >= 0.3 is 0 Å². The fourth-order valence-electron chi connectivity index (χ4n) is 4.71. The smallest absolute Gasteiger partial charge is 0.146 e. The first-order chi connectivity index (χ1) is 16.6. The van der Waals surface area contributed by atoms with Crippen molar-refractivity contribution < 1.29 is 9.13 Å². The average molecular weight is 483 g/mol. The highest BCUT2D eigenvalue weighted by Crippen LogP contribution is 2.34. The van der Waals surface area contributed by atoms with Gasteiger partial charge in [-0.05, 0) is 82.0 Å². The minimum Gasteiger partial charge on any atom is -0.488 e. The molecule has 7 heteroatoms. The quantitative estimate of drug-likeness (QED) is 0.347. The first kappa shape index (κ1) is 24.6. The van der Waals surface area contributed by atoms with Crippen LogP contribution in [0.5, 0.6) is 5.75 Å². The maximum atomic E-state index is 14.1. The molecule has 182 valence electrons. The van der Waals surface area contributed by atoms with Gasteiger partial charge in [0.05, 0.1) is 23.2 Å². The summed E-state index contributed by atoms with van der Waals surface area (Å²) in [5.41, 5.74) is 4.28. The van der Waals surface area contributed by atoms with Gasteiger partial charge in [-0.25, -0.2) is 8.75 Å². The SMILES string of the molecule is C=Nc1cc(N=S2CCCCC2)cc(C)c1C(=NC)Nc1ccc(F)cc1OC1CCCCC1. The van der Waals surface area contributed by atoms with Crippen molar-refractivity contribution in [2.45, 2.75) is 64.4 Å². The second kappa shape index (κ2) is 11.7. The van der Waals surface area contributed by atoms with E-state index in [2.05, 4.69) is 28.1 Å². The van der Waals surface area contributed by atoms with Crippen molar-refractivity contribution in [3.05, 3.63) is 47.3 Å². The van der Waals surface area contributed by atoms with Crippen LogP contribution in [0.4, 0.5) is 21.5 Å². The zero-order chi connectivity index (χ0) is 23.9. The Labute approximate surface area is 205 Å². The fraction of sp³-hybridized carbons (Fsp3) is 0.481.